The number of esters is 1. The van der Waals surface area contributed by atoms with Gasteiger partial charge in [-0.15, -0.1) is 0 Å². The predicted molar refractivity (Wildman–Crippen MR) is 97.4 cm³/mol. The average molecular weight is 392 g/mol. The number of rotatable bonds is 6. The molecule has 11 heteroatoms. The fraction of sp³-hybridized carbons (Fsp3) is 0.333. The highest BCUT2D eigenvalue weighted by Gasteiger charge is 2.11. The summed E-state index contributed by atoms with van der Waals surface area (Å²) in [5.41, 5.74) is 2.09. The van der Waals surface area contributed by atoms with Gasteiger partial charge in [0.15, 0.2) is 10.3 Å². The lowest BCUT2D eigenvalue weighted by Crippen LogP contribution is -2.15. The van der Waals surface area contributed by atoms with Gasteiger partial charge in [-0.25, -0.2) is 15.0 Å². The number of thioether (sulfide) groups is 2. The summed E-state index contributed by atoms with van der Waals surface area (Å²) in [7, 11) is 1.32. The van der Waals surface area contributed by atoms with Gasteiger partial charge >= 0.3 is 5.97 Å². The molecule has 3 aromatic heterocycles. The summed E-state index contributed by atoms with van der Waals surface area (Å²) < 4.78 is 5.82. The third kappa shape index (κ3) is 4.41. The Balaban J connectivity index is 1.77. The Labute approximate surface area is 157 Å². The van der Waals surface area contributed by atoms with Gasteiger partial charge in [0.2, 0.25) is 0 Å². The van der Waals surface area contributed by atoms with Gasteiger partial charge < -0.3 is 4.74 Å². The molecule has 0 atom stereocenters. The second kappa shape index (κ2) is 7.87. The standard InChI is InChI=1S/C15H16N6O3S2/c1-8-4-9(2)17-14(16-8)25-6-10-5-11(22)21-13(18-10)19-15(20-21)26-7-12(23)24-3/h4-5H,6-7H2,1-3H3,(H,18,19,20). The van der Waals surface area contributed by atoms with Crippen LogP contribution in [0.25, 0.3) is 5.78 Å². The van der Waals surface area contributed by atoms with Crippen molar-refractivity contribution >= 4 is 35.3 Å². The minimum atomic E-state index is -0.374. The van der Waals surface area contributed by atoms with E-state index in [2.05, 4.69) is 29.8 Å². The van der Waals surface area contributed by atoms with Crippen LogP contribution < -0.4 is 5.56 Å². The van der Waals surface area contributed by atoms with E-state index in [4.69, 9.17) is 0 Å². The summed E-state index contributed by atoms with van der Waals surface area (Å²) >= 11 is 2.55. The first kappa shape index (κ1) is 18.4. The van der Waals surface area contributed by atoms with Crippen molar-refractivity contribution in [3.05, 3.63) is 39.6 Å². The summed E-state index contributed by atoms with van der Waals surface area (Å²) in [5, 5.41) is 3.87. The molecule has 3 rings (SSSR count). The van der Waals surface area contributed by atoms with Crippen LogP contribution in [0.3, 0.4) is 0 Å². The van der Waals surface area contributed by atoms with Crippen molar-refractivity contribution in [3.8, 4) is 0 Å². The average Bonchev–Trinajstić information content (AvgIpc) is 3.00. The Morgan fingerprint density at radius 1 is 1.15 bits per heavy atom. The molecule has 0 aliphatic rings. The first-order chi connectivity index (χ1) is 12.4. The molecule has 26 heavy (non-hydrogen) atoms. The van der Waals surface area contributed by atoms with Crippen molar-refractivity contribution in [2.45, 2.75) is 29.9 Å². The van der Waals surface area contributed by atoms with E-state index in [-0.39, 0.29) is 23.1 Å². The van der Waals surface area contributed by atoms with Crippen molar-refractivity contribution in [2.75, 3.05) is 12.9 Å². The number of carbonyl (C=O) groups is 1. The molecule has 136 valence electrons. The Bertz CT molecular complexity index is 996. The second-order valence-electron chi connectivity index (χ2n) is 5.34. The van der Waals surface area contributed by atoms with Crippen LogP contribution in [0.4, 0.5) is 0 Å². The van der Waals surface area contributed by atoms with Gasteiger partial charge in [0.05, 0.1) is 18.6 Å². The zero-order valence-electron chi connectivity index (χ0n) is 14.3. The summed E-state index contributed by atoms with van der Waals surface area (Å²) in [6.07, 6.45) is 0. The monoisotopic (exact) mass is 392 g/mol. The molecule has 1 N–H and O–H groups in total. The lowest BCUT2D eigenvalue weighted by Gasteiger charge is -2.02. The van der Waals surface area contributed by atoms with Gasteiger partial charge in [0.1, 0.15) is 0 Å². The normalized spacial score (nSPS) is 11.0. The molecule has 0 bridgehead atoms. The zero-order valence-corrected chi connectivity index (χ0v) is 16.0. The molecule has 3 heterocycles. The number of H-pyrrole nitrogens is 1. The number of fused-ring (bicyclic) bond motifs is 1. The van der Waals surface area contributed by atoms with Crippen molar-refractivity contribution in [1.29, 1.82) is 0 Å². The lowest BCUT2D eigenvalue weighted by molar-refractivity contribution is -0.137. The number of hydrogen-bond donors (Lipinski definition) is 1. The molecular weight excluding hydrogens is 376 g/mol. The third-order valence-corrected chi connectivity index (χ3v) is 4.95. The van der Waals surface area contributed by atoms with Gasteiger partial charge in [-0.1, -0.05) is 23.5 Å². The summed E-state index contributed by atoms with van der Waals surface area (Å²) in [4.78, 5) is 40.8. The van der Waals surface area contributed by atoms with Crippen LogP contribution in [-0.4, -0.2) is 48.4 Å². The van der Waals surface area contributed by atoms with Crippen LogP contribution >= 0.6 is 23.5 Å². The molecule has 0 saturated carbocycles. The fourth-order valence-electron chi connectivity index (χ4n) is 2.13. The summed E-state index contributed by atoms with van der Waals surface area (Å²) in [6.45, 7) is 3.82. The minimum Gasteiger partial charge on any atom is -0.468 e. The number of nitrogens with one attached hydrogen (secondary N) is 1. The molecule has 0 radical (unpaired) electrons. The molecule has 3 aromatic rings. The van der Waals surface area contributed by atoms with Crippen molar-refractivity contribution < 1.29 is 9.53 Å². The number of carbonyl (C=O) groups excluding carboxylic acids is 1. The number of aromatic amines is 1. The molecular formula is C15H16N6O3S2. The van der Waals surface area contributed by atoms with E-state index < -0.39 is 0 Å². The highest BCUT2D eigenvalue weighted by molar-refractivity contribution is 7.99. The number of aromatic nitrogens is 6. The molecule has 0 saturated heterocycles. The molecule has 9 nitrogen and oxygen atoms in total. The number of ether oxygens (including phenoxy) is 1. The van der Waals surface area contributed by atoms with Crippen LogP contribution in [0.2, 0.25) is 0 Å². The van der Waals surface area contributed by atoms with E-state index in [9.17, 15) is 9.59 Å². The molecule has 0 unspecified atom stereocenters. The van der Waals surface area contributed by atoms with Crippen LogP contribution in [0.15, 0.2) is 27.2 Å². The van der Waals surface area contributed by atoms with E-state index in [1.54, 1.807) is 0 Å². The Hall–Kier alpha value is -2.40. The molecule has 0 spiro atoms. The van der Waals surface area contributed by atoms with Crippen molar-refractivity contribution in [1.82, 2.24) is 29.5 Å². The zero-order chi connectivity index (χ0) is 18.7. The lowest BCUT2D eigenvalue weighted by atomic mass is 10.4. The highest BCUT2D eigenvalue weighted by Crippen LogP contribution is 2.19. The molecule has 0 amide bonds. The topological polar surface area (TPSA) is 115 Å². The quantitative estimate of drug-likeness (QED) is 0.377. The first-order valence-corrected chi connectivity index (χ1v) is 9.55. The van der Waals surface area contributed by atoms with Crippen LogP contribution in [-0.2, 0) is 15.3 Å². The van der Waals surface area contributed by atoms with Crippen molar-refractivity contribution in [2.24, 2.45) is 0 Å². The summed E-state index contributed by atoms with van der Waals surface area (Å²) in [5.74, 6) is 0.423. The van der Waals surface area contributed by atoms with Gasteiger partial charge in [0.25, 0.3) is 11.3 Å². The minimum absolute atomic E-state index is 0.0951. The molecule has 0 aliphatic heterocycles. The van der Waals surface area contributed by atoms with E-state index in [0.29, 0.717) is 21.8 Å². The molecule has 0 fully saturated rings. The number of nitrogens with zero attached hydrogens (tertiary/aromatic N) is 5. The van der Waals surface area contributed by atoms with E-state index in [0.717, 1.165) is 23.1 Å². The van der Waals surface area contributed by atoms with Gasteiger partial charge in [-0.3, -0.25) is 14.7 Å². The van der Waals surface area contributed by atoms with E-state index >= 15 is 0 Å². The largest absolute Gasteiger partial charge is 0.468 e. The Morgan fingerprint density at radius 2 is 1.88 bits per heavy atom. The van der Waals surface area contributed by atoms with Crippen molar-refractivity contribution in [3.63, 3.8) is 0 Å². The Kier molecular flexibility index (Phi) is 5.57. The van der Waals surface area contributed by atoms with Crippen LogP contribution in [0.5, 0.6) is 0 Å². The predicted octanol–water partition coefficient (Wildman–Crippen LogP) is 1.38. The summed E-state index contributed by atoms with van der Waals surface area (Å²) in [6, 6.07) is 3.34. The Morgan fingerprint density at radius 3 is 2.58 bits per heavy atom. The maximum Gasteiger partial charge on any atom is 0.316 e. The van der Waals surface area contributed by atoms with Crippen LogP contribution in [0, 0.1) is 13.8 Å². The highest BCUT2D eigenvalue weighted by atomic mass is 32.2. The van der Waals surface area contributed by atoms with Gasteiger partial charge in [0, 0.05) is 23.2 Å². The van der Waals surface area contributed by atoms with E-state index in [1.165, 1.54) is 29.5 Å². The van der Waals surface area contributed by atoms with Gasteiger partial charge in [-0.2, -0.15) is 9.50 Å². The smallest absolute Gasteiger partial charge is 0.316 e. The maximum atomic E-state index is 12.2. The molecule has 0 aromatic carbocycles. The maximum absolute atomic E-state index is 12.2. The third-order valence-electron chi connectivity index (χ3n) is 3.23. The van der Waals surface area contributed by atoms with Gasteiger partial charge in [-0.05, 0) is 19.9 Å². The number of hydrogen-bond acceptors (Lipinski definition) is 9. The molecule has 0 aliphatic carbocycles. The SMILES string of the molecule is COC(=O)CSc1nc2nc(CSc3nc(C)cc(C)n3)cc(=O)n2[nH]1. The second-order valence-corrected chi connectivity index (χ2v) is 7.24. The van der Waals surface area contributed by atoms with E-state index in [1.807, 2.05) is 19.9 Å². The van der Waals surface area contributed by atoms with Crippen LogP contribution in [0.1, 0.15) is 17.1 Å². The number of methoxy groups -OCH3 is 1. The number of aryl methyl sites for hydroxylation is 2. The first-order valence-electron chi connectivity index (χ1n) is 7.58. The fourth-order valence-corrected chi connectivity index (χ4v) is 3.65.